The van der Waals surface area contributed by atoms with Crippen LogP contribution >= 0.6 is 0 Å². The van der Waals surface area contributed by atoms with Gasteiger partial charge in [0.05, 0.1) is 24.8 Å². The largest absolute Gasteiger partial charge is 0.494 e. The number of para-hydroxylation sites is 1. The zero-order chi connectivity index (χ0) is 24.5. The van der Waals surface area contributed by atoms with Crippen LogP contribution in [0.4, 0.5) is 5.82 Å². The second-order valence-corrected chi connectivity index (χ2v) is 9.29. The molecule has 0 saturated heterocycles. The van der Waals surface area contributed by atoms with E-state index in [-0.39, 0.29) is 22.9 Å². The molecule has 0 amide bonds. The third kappa shape index (κ3) is 4.32. The molecule has 0 radical (unpaired) electrons. The highest BCUT2D eigenvalue weighted by Gasteiger charge is 2.26. The lowest BCUT2D eigenvalue weighted by Gasteiger charge is -2.14. The van der Waals surface area contributed by atoms with Gasteiger partial charge < -0.3 is 9.47 Å². The SMILES string of the molecule is CCOC(=O)c1cnn(-c2cc(C)c3cccc(OC)c3n2)c1NS(=O)(=O)c1ccc(C)cc1. The first-order valence-electron chi connectivity index (χ1n) is 10.5. The van der Waals surface area contributed by atoms with Crippen LogP contribution in [-0.2, 0) is 14.8 Å². The van der Waals surface area contributed by atoms with Crippen LogP contribution in [0.3, 0.4) is 0 Å². The minimum atomic E-state index is -4.04. The Labute approximate surface area is 197 Å². The summed E-state index contributed by atoms with van der Waals surface area (Å²) < 4.78 is 40.7. The summed E-state index contributed by atoms with van der Waals surface area (Å²) in [5, 5.41) is 5.15. The van der Waals surface area contributed by atoms with Gasteiger partial charge in [0.15, 0.2) is 11.6 Å². The van der Waals surface area contributed by atoms with Crippen LogP contribution in [0, 0.1) is 13.8 Å². The number of aromatic nitrogens is 3. The van der Waals surface area contributed by atoms with Crippen molar-refractivity contribution in [3.63, 3.8) is 0 Å². The van der Waals surface area contributed by atoms with Crippen LogP contribution < -0.4 is 9.46 Å². The van der Waals surface area contributed by atoms with Gasteiger partial charge in [0.25, 0.3) is 10.0 Å². The normalized spacial score (nSPS) is 11.4. The van der Waals surface area contributed by atoms with E-state index in [1.54, 1.807) is 38.3 Å². The molecule has 0 aliphatic heterocycles. The van der Waals surface area contributed by atoms with Gasteiger partial charge in [0.1, 0.15) is 16.8 Å². The van der Waals surface area contributed by atoms with Crippen molar-refractivity contribution in [2.45, 2.75) is 25.7 Å². The molecule has 0 aliphatic rings. The van der Waals surface area contributed by atoms with Crippen molar-refractivity contribution in [2.24, 2.45) is 0 Å². The predicted octanol–water partition coefficient (Wildman–Crippen LogP) is 4.02. The predicted molar refractivity (Wildman–Crippen MR) is 128 cm³/mol. The lowest BCUT2D eigenvalue weighted by atomic mass is 10.1. The van der Waals surface area contributed by atoms with Crippen LogP contribution in [0.15, 0.2) is 59.6 Å². The quantitative estimate of drug-likeness (QED) is 0.398. The Morgan fingerprint density at radius 1 is 1.12 bits per heavy atom. The fraction of sp³-hybridized carbons (Fsp3) is 0.208. The summed E-state index contributed by atoms with van der Waals surface area (Å²) in [6.45, 7) is 5.55. The number of hydrogen-bond acceptors (Lipinski definition) is 7. The van der Waals surface area contributed by atoms with Gasteiger partial charge in [-0.25, -0.2) is 18.2 Å². The van der Waals surface area contributed by atoms with Gasteiger partial charge >= 0.3 is 5.97 Å². The van der Waals surface area contributed by atoms with E-state index in [9.17, 15) is 13.2 Å². The van der Waals surface area contributed by atoms with Crippen molar-refractivity contribution < 1.29 is 22.7 Å². The zero-order valence-electron chi connectivity index (χ0n) is 19.2. The summed E-state index contributed by atoms with van der Waals surface area (Å²) in [4.78, 5) is 17.3. The molecule has 0 atom stereocenters. The Kier molecular flexibility index (Phi) is 6.25. The van der Waals surface area contributed by atoms with Crippen molar-refractivity contribution in [3.05, 3.63) is 71.4 Å². The number of hydrogen-bond donors (Lipinski definition) is 1. The van der Waals surface area contributed by atoms with E-state index in [2.05, 4.69) is 14.8 Å². The number of sulfonamides is 1. The molecule has 0 bridgehead atoms. The van der Waals surface area contributed by atoms with Crippen LogP contribution in [-0.4, -0.2) is 42.9 Å². The molecule has 176 valence electrons. The summed E-state index contributed by atoms with van der Waals surface area (Å²) >= 11 is 0. The maximum atomic E-state index is 13.2. The Morgan fingerprint density at radius 3 is 2.53 bits per heavy atom. The summed E-state index contributed by atoms with van der Waals surface area (Å²) in [7, 11) is -2.49. The van der Waals surface area contributed by atoms with Crippen molar-refractivity contribution in [2.75, 3.05) is 18.4 Å². The van der Waals surface area contributed by atoms with Gasteiger partial charge in [0.2, 0.25) is 0 Å². The number of carbonyl (C=O) groups excluding carboxylic acids is 1. The fourth-order valence-electron chi connectivity index (χ4n) is 3.53. The molecular formula is C24H24N4O5S. The third-order valence-electron chi connectivity index (χ3n) is 5.26. The Balaban J connectivity index is 1.89. The lowest BCUT2D eigenvalue weighted by molar-refractivity contribution is 0.0527. The average molecular weight is 481 g/mol. The molecular weight excluding hydrogens is 456 g/mol. The highest BCUT2D eigenvalue weighted by Crippen LogP contribution is 2.30. The Bertz CT molecular complexity index is 1480. The molecule has 2 aromatic heterocycles. The number of aryl methyl sites for hydroxylation is 2. The first-order chi connectivity index (χ1) is 16.2. The number of nitrogens with zero attached hydrogens (tertiary/aromatic N) is 3. The number of benzene rings is 2. The Hall–Kier alpha value is -3.92. The average Bonchev–Trinajstić information content (AvgIpc) is 3.22. The van der Waals surface area contributed by atoms with Gasteiger partial charge in [-0.3, -0.25) is 4.72 Å². The molecule has 34 heavy (non-hydrogen) atoms. The molecule has 0 saturated carbocycles. The summed E-state index contributed by atoms with van der Waals surface area (Å²) in [6, 6.07) is 13.7. The molecule has 9 nitrogen and oxygen atoms in total. The van der Waals surface area contributed by atoms with E-state index in [0.717, 1.165) is 16.5 Å². The minimum Gasteiger partial charge on any atom is -0.494 e. The highest BCUT2D eigenvalue weighted by molar-refractivity contribution is 7.92. The molecule has 4 rings (SSSR count). The number of carbonyl (C=O) groups is 1. The maximum Gasteiger partial charge on any atom is 0.343 e. The first-order valence-corrected chi connectivity index (χ1v) is 12.0. The number of nitrogens with one attached hydrogen (secondary N) is 1. The van der Waals surface area contributed by atoms with E-state index < -0.39 is 16.0 Å². The summed E-state index contributed by atoms with van der Waals surface area (Å²) in [5.74, 6) is 0.0966. The van der Waals surface area contributed by atoms with Gasteiger partial charge in [0, 0.05) is 5.39 Å². The van der Waals surface area contributed by atoms with Crippen LogP contribution in [0.5, 0.6) is 5.75 Å². The van der Waals surface area contributed by atoms with Crippen LogP contribution in [0.25, 0.3) is 16.7 Å². The molecule has 0 unspecified atom stereocenters. The monoisotopic (exact) mass is 480 g/mol. The minimum absolute atomic E-state index is 0.0305. The van der Waals surface area contributed by atoms with E-state index in [1.807, 2.05) is 26.0 Å². The highest BCUT2D eigenvalue weighted by atomic mass is 32.2. The van der Waals surface area contributed by atoms with Gasteiger partial charge in [-0.15, -0.1) is 0 Å². The second-order valence-electron chi connectivity index (χ2n) is 7.61. The lowest BCUT2D eigenvalue weighted by Crippen LogP contribution is -2.19. The van der Waals surface area contributed by atoms with Crippen molar-refractivity contribution in [3.8, 4) is 11.6 Å². The number of ether oxygens (including phenoxy) is 2. The number of pyridine rings is 1. The van der Waals surface area contributed by atoms with Crippen LogP contribution in [0.2, 0.25) is 0 Å². The number of anilines is 1. The fourth-order valence-corrected chi connectivity index (χ4v) is 4.59. The molecule has 2 aromatic carbocycles. The number of rotatable bonds is 7. The molecule has 10 heteroatoms. The van der Waals surface area contributed by atoms with Crippen molar-refractivity contribution in [1.82, 2.24) is 14.8 Å². The molecule has 4 aromatic rings. The molecule has 1 N–H and O–H groups in total. The van der Waals surface area contributed by atoms with Gasteiger partial charge in [-0.2, -0.15) is 9.78 Å². The van der Waals surface area contributed by atoms with E-state index in [1.165, 1.54) is 23.0 Å². The number of esters is 1. The van der Waals surface area contributed by atoms with E-state index in [0.29, 0.717) is 17.1 Å². The van der Waals surface area contributed by atoms with Gasteiger partial charge in [-0.1, -0.05) is 29.8 Å². The molecule has 0 aliphatic carbocycles. The van der Waals surface area contributed by atoms with Gasteiger partial charge in [-0.05, 0) is 50.6 Å². The van der Waals surface area contributed by atoms with E-state index in [4.69, 9.17) is 9.47 Å². The van der Waals surface area contributed by atoms with Crippen molar-refractivity contribution in [1.29, 1.82) is 0 Å². The summed E-state index contributed by atoms with van der Waals surface area (Å²) in [6.07, 6.45) is 1.26. The first kappa shape index (κ1) is 23.2. The standard InChI is InChI=1S/C24H24N4O5S/c1-5-33-24(29)19-14-25-28(23(19)27-34(30,31)17-11-9-15(2)10-12-17)21-13-16(3)18-7-6-8-20(32-4)22(18)26-21/h6-14,27H,5H2,1-4H3. The second kappa shape index (κ2) is 9.14. The van der Waals surface area contributed by atoms with E-state index >= 15 is 0 Å². The third-order valence-corrected chi connectivity index (χ3v) is 6.61. The zero-order valence-corrected chi connectivity index (χ0v) is 20.0. The topological polar surface area (TPSA) is 112 Å². The van der Waals surface area contributed by atoms with Crippen molar-refractivity contribution >= 4 is 32.7 Å². The smallest absolute Gasteiger partial charge is 0.343 e. The molecule has 0 spiro atoms. The molecule has 2 heterocycles. The molecule has 0 fully saturated rings. The number of fused-ring (bicyclic) bond motifs is 1. The Morgan fingerprint density at radius 2 is 1.85 bits per heavy atom. The number of methoxy groups -OCH3 is 1. The van der Waals surface area contributed by atoms with Crippen LogP contribution in [0.1, 0.15) is 28.4 Å². The summed E-state index contributed by atoms with van der Waals surface area (Å²) in [5.41, 5.74) is 2.35. The maximum absolute atomic E-state index is 13.2.